The molecule has 1 aromatic rings. The first-order chi connectivity index (χ1) is 9.52. The quantitative estimate of drug-likeness (QED) is 0.326. The number of nitrogens with zero attached hydrogens (tertiary/aromatic N) is 2. The third kappa shape index (κ3) is 8.14. The van der Waals surface area contributed by atoms with Gasteiger partial charge in [0.2, 0.25) is 0 Å². The van der Waals surface area contributed by atoms with Crippen molar-refractivity contribution in [1.29, 1.82) is 0 Å². The van der Waals surface area contributed by atoms with Crippen LogP contribution in [0.2, 0.25) is 0 Å². The molecule has 1 unspecified atom stereocenters. The number of furan rings is 1. The zero-order chi connectivity index (χ0) is 15.0. The van der Waals surface area contributed by atoms with Crippen LogP contribution in [-0.2, 0) is 6.42 Å². The van der Waals surface area contributed by atoms with E-state index in [0.717, 1.165) is 36.7 Å². The van der Waals surface area contributed by atoms with E-state index in [0.29, 0.717) is 12.6 Å². The number of halogens is 1. The summed E-state index contributed by atoms with van der Waals surface area (Å²) < 4.78 is 5.33. The van der Waals surface area contributed by atoms with Gasteiger partial charge in [-0.1, -0.05) is 19.1 Å². The molecule has 0 aliphatic rings. The monoisotopic (exact) mass is 405 g/mol. The van der Waals surface area contributed by atoms with Gasteiger partial charge >= 0.3 is 0 Å². The molecule has 0 saturated heterocycles. The molecule has 1 heterocycles. The lowest BCUT2D eigenvalue weighted by Gasteiger charge is -2.25. The SMILES string of the molecule is C=C(C)CN(C)C(=NCCc1ccco1)NC(C)CC.I. The van der Waals surface area contributed by atoms with Gasteiger partial charge in [0.1, 0.15) is 5.76 Å². The second-order valence-corrected chi connectivity index (χ2v) is 5.30. The summed E-state index contributed by atoms with van der Waals surface area (Å²) in [6, 6.07) is 4.30. The Hall–Kier alpha value is -0.980. The molecule has 0 radical (unpaired) electrons. The van der Waals surface area contributed by atoms with Crippen LogP contribution in [0.3, 0.4) is 0 Å². The van der Waals surface area contributed by atoms with Crippen LogP contribution in [-0.4, -0.2) is 37.0 Å². The summed E-state index contributed by atoms with van der Waals surface area (Å²) in [5, 5.41) is 3.46. The number of nitrogens with one attached hydrogen (secondary N) is 1. The average molecular weight is 405 g/mol. The third-order valence-corrected chi connectivity index (χ3v) is 3.06. The van der Waals surface area contributed by atoms with E-state index in [4.69, 9.17) is 4.42 Å². The smallest absolute Gasteiger partial charge is 0.194 e. The van der Waals surface area contributed by atoms with Gasteiger partial charge in [0.15, 0.2) is 5.96 Å². The first-order valence-corrected chi connectivity index (χ1v) is 7.21. The van der Waals surface area contributed by atoms with E-state index < -0.39 is 0 Å². The minimum atomic E-state index is 0. The van der Waals surface area contributed by atoms with E-state index in [9.17, 15) is 0 Å². The molecular formula is C16H28IN3O. The van der Waals surface area contributed by atoms with Crippen LogP contribution in [0.5, 0.6) is 0 Å². The maximum Gasteiger partial charge on any atom is 0.194 e. The zero-order valence-corrected chi connectivity index (χ0v) is 15.9. The molecule has 1 aromatic heterocycles. The van der Waals surface area contributed by atoms with Crippen molar-refractivity contribution >= 4 is 29.9 Å². The second-order valence-electron chi connectivity index (χ2n) is 5.30. The van der Waals surface area contributed by atoms with Crippen LogP contribution in [0.1, 0.15) is 33.0 Å². The number of guanidine groups is 1. The highest BCUT2D eigenvalue weighted by molar-refractivity contribution is 14.0. The summed E-state index contributed by atoms with van der Waals surface area (Å²) in [7, 11) is 2.04. The fraction of sp³-hybridized carbons (Fsp3) is 0.562. The van der Waals surface area contributed by atoms with Gasteiger partial charge in [0, 0.05) is 32.6 Å². The molecule has 4 nitrogen and oxygen atoms in total. The molecular weight excluding hydrogens is 377 g/mol. The largest absolute Gasteiger partial charge is 0.469 e. The van der Waals surface area contributed by atoms with Crippen molar-refractivity contribution in [2.24, 2.45) is 4.99 Å². The molecule has 0 fully saturated rings. The van der Waals surface area contributed by atoms with Crippen molar-refractivity contribution in [1.82, 2.24) is 10.2 Å². The Bertz CT molecular complexity index is 429. The fourth-order valence-corrected chi connectivity index (χ4v) is 1.81. The normalized spacial score (nSPS) is 12.5. The molecule has 0 aliphatic heterocycles. The predicted molar refractivity (Wildman–Crippen MR) is 100 cm³/mol. The van der Waals surface area contributed by atoms with E-state index in [1.165, 1.54) is 0 Å². The minimum absolute atomic E-state index is 0. The molecule has 0 bridgehead atoms. The predicted octanol–water partition coefficient (Wildman–Crippen LogP) is 3.69. The first-order valence-electron chi connectivity index (χ1n) is 7.21. The van der Waals surface area contributed by atoms with Gasteiger partial charge in [-0.2, -0.15) is 0 Å². The van der Waals surface area contributed by atoms with Gasteiger partial charge in [-0.25, -0.2) is 0 Å². The van der Waals surface area contributed by atoms with Crippen molar-refractivity contribution in [3.05, 3.63) is 36.3 Å². The van der Waals surface area contributed by atoms with Crippen LogP contribution in [0.4, 0.5) is 0 Å². The van der Waals surface area contributed by atoms with E-state index in [1.54, 1.807) is 6.26 Å². The molecule has 0 amide bonds. The molecule has 1 atom stereocenters. The molecule has 0 aliphatic carbocycles. The van der Waals surface area contributed by atoms with Gasteiger partial charge in [-0.05, 0) is 32.4 Å². The average Bonchev–Trinajstić information content (AvgIpc) is 2.89. The summed E-state index contributed by atoms with van der Waals surface area (Å²) in [6.07, 6.45) is 3.59. The van der Waals surface area contributed by atoms with Gasteiger partial charge in [0.05, 0.1) is 6.26 Å². The van der Waals surface area contributed by atoms with Crippen LogP contribution in [0, 0.1) is 0 Å². The molecule has 120 valence electrons. The fourth-order valence-electron chi connectivity index (χ4n) is 1.81. The highest BCUT2D eigenvalue weighted by Crippen LogP contribution is 2.02. The van der Waals surface area contributed by atoms with Crippen molar-refractivity contribution in [2.75, 3.05) is 20.1 Å². The van der Waals surface area contributed by atoms with Gasteiger partial charge in [-0.3, -0.25) is 4.99 Å². The summed E-state index contributed by atoms with van der Waals surface area (Å²) >= 11 is 0. The molecule has 5 heteroatoms. The maximum atomic E-state index is 5.33. The van der Waals surface area contributed by atoms with Crippen LogP contribution < -0.4 is 5.32 Å². The van der Waals surface area contributed by atoms with Crippen LogP contribution in [0.15, 0.2) is 40.0 Å². The lowest BCUT2D eigenvalue weighted by Crippen LogP contribution is -2.43. The number of hydrogen-bond acceptors (Lipinski definition) is 2. The Morgan fingerprint density at radius 2 is 2.24 bits per heavy atom. The Labute approximate surface area is 145 Å². The number of rotatable bonds is 7. The Morgan fingerprint density at radius 1 is 1.52 bits per heavy atom. The van der Waals surface area contributed by atoms with Crippen molar-refractivity contribution < 1.29 is 4.42 Å². The second kappa shape index (κ2) is 10.7. The number of hydrogen-bond donors (Lipinski definition) is 1. The molecule has 1 N–H and O–H groups in total. The van der Waals surface area contributed by atoms with Crippen LogP contribution >= 0.6 is 24.0 Å². The highest BCUT2D eigenvalue weighted by Gasteiger charge is 2.09. The van der Waals surface area contributed by atoms with Gasteiger partial charge in [0.25, 0.3) is 0 Å². The van der Waals surface area contributed by atoms with E-state index in [-0.39, 0.29) is 24.0 Å². The van der Waals surface area contributed by atoms with Crippen LogP contribution in [0.25, 0.3) is 0 Å². The Morgan fingerprint density at radius 3 is 2.76 bits per heavy atom. The molecule has 1 rings (SSSR count). The first kappa shape index (κ1) is 20.0. The molecule has 0 spiro atoms. The summed E-state index contributed by atoms with van der Waals surface area (Å²) in [5.74, 6) is 1.90. The molecule has 0 aromatic carbocycles. The Balaban J connectivity index is 0.00000400. The number of likely N-dealkylation sites (N-methyl/N-ethyl adjacent to an activating group) is 1. The van der Waals surface area contributed by atoms with Crippen molar-refractivity contribution in [2.45, 2.75) is 39.7 Å². The standard InChI is InChI=1S/C16H27N3O.HI/c1-6-14(4)18-16(19(5)12-13(2)3)17-10-9-15-8-7-11-20-15;/h7-8,11,14H,2,6,9-10,12H2,1,3-5H3,(H,17,18);1H. The number of aliphatic imine (C=N–C) groups is 1. The summed E-state index contributed by atoms with van der Waals surface area (Å²) in [6.45, 7) is 11.8. The van der Waals surface area contributed by atoms with Gasteiger partial charge < -0.3 is 14.6 Å². The van der Waals surface area contributed by atoms with E-state index in [2.05, 4.69) is 35.6 Å². The third-order valence-electron chi connectivity index (χ3n) is 3.06. The van der Waals surface area contributed by atoms with E-state index in [1.807, 2.05) is 26.1 Å². The Kier molecular flexibility index (Phi) is 10.2. The van der Waals surface area contributed by atoms with Crippen molar-refractivity contribution in [3.63, 3.8) is 0 Å². The lowest BCUT2D eigenvalue weighted by molar-refractivity contribution is 0.489. The highest BCUT2D eigenvalue weighted by atomic mass is 127. The maximum absolute atomic E-state index is 5.33. The lowest BCUT2D eigenvalue weighted by atomic mass is 10.2. The van der Waals surface area contributed by atoms with Crippen molar-refractivity contribution in [3.8, 4) is 0 Å². The molecule has 21 heavy (non-hydrogen) atoms. The van der Waals surface area contributed by atoms with Gasteiger partial charge in [-0.15, -0.1) is 24.0 Å². The topological polar surface area (TPSA) is 40.8 Å². The van der Waals surface area contributed by atoms with E-state index >= 15 is 0 Å². The molecule has 0 saturated carbocycles. The summed E-state index contributed by atoms with van der Waals surface area (Å²) in [4.78, 5) is 6.78. The summed E-state index contributed by atoms with van der Waals surface area (Å²) in [5.41, 5.74) is 1.12. The zero-order valence-electron chi connectivity index (χ0n) is 13.6. The minimum Gasteiger partial charge on any atom is -0.469 e.